The number of hydrogen-bond donors (Lipinski definition) is 1. The van der Waals surface area contributed by atoms with Crippen LogP contribution in [0, 0.1) is 13.8 Å². The van der Waals surface area contributed by atoms with Crippen LogP contribution in [0.1, 0.15) is 23.6 Å². The monoisotopic (exact) mass is 493 g/mol. The fourth-order valence-electron chi connectivity index (χ4n) is 3.79. The number of amides is 2. The van der Waals surface area contributed by atoms with Crippen LogP contribution in [0.4, 0.5) is 5.69 Å². The topological polar surface area (TPSA) is 86.8 Å². The predicted molar refractivity (Wildman–Crippen MR) is 137 cm³/mol. The first kappa shape index (κ1) is 26.0. The summed E-state index contributed by atoms with van der Waals surface area (Å²) in [7, 11) is -2.55. The van der Waals surface area contributed by atoms with Crippen LogP contribution < -0.4 is 9.62 Å². The summed E-state index contributed by atoms with van der Waals surface area (Å²) in [6.45, 7) is 5.03. The van der Waals surface area contributed by atoms with Crippen LogP contribution in [-0.4, -0.2) is 44.8 Å². The van der Waals surface area contributed by atoms with Crippen molar-refractivity contribution in [2.45, 2.75) is 38.3 Å². The summed E-state index contributed by atoms with van der Waals surface area (Å²) < 4.78 is 28.6. The molecule has 0 saturated carbocycles. The third-order valence-electron chi connectivity index (χ3n) is 5.85. The number of nitrogens with zero attached hydrogens (tertiary/aromatic N) is 2. The van der Waals surface area contributed by atoms with Crippen LogP contribution in [0.2, 0.25) is 0 Å². The molecular formula is C27H31N3O4S. The Bertz CT molecular complexity index is 1280. The van der Waals surface area contributed by atoms with Gasteiger partial charge in [0.05, 0.1) is 10.6 Å². The van der Waals surface area contributed by atoms with Gasteiger partial charge >= 0.3 is 0 Å². The third-order valence-corrected chi connectivity index (χ3v) is 7.63. The minimum atomic E-state index is -4.06. The summed E-state index contributed by atoms with van der Waals surface area (Å²) >= 11 is 0. The first-order chi connectivity index (χ1) is 16.6. The molecule has 0 aliphatic heterocycles. The predicted octanol–water partition coefficient (Wildman–Crippen LogP) is 3.66. The third kappa shape index (κ3) is 6.08. The van der Waals surface area contributed by atoms with E-state index in [2.05, 4.69) is 5.32 Å². The highest BCUT2D eigenvalue weighted by Gasteiger charge is 2.32. The maximum Gasteiger partial charge on any atom is 0.264 e. The molecule has 0 aliphatic carbocycles. The Morgan fingerprint density at radius 2 is 1.51 bits per heavy atom. The van der Waals surface area contributed by atoms with E-state index in [4.69, 9.17) is 0 Å². The maximum absolute atomic E-state index is 13.7. The number of anilines is 1. The second-order valence-corrected chi connectivity index (χ2v) is 10.3. The smallest absolute Gasteiger partial charge is 0.264 e. The van der Waals surface area contributed by atoms with Gasteiger partial charge in [-0.25, -0.2) is 8.42 Å². The van der Waals surface area contributed by atoms with E-state index in [0.717, 1.165) is 21.0 Å². The lowest BCUT2D eigenvalue weighted by atomic mass is 10.1. The van der Waals surface area contributed by atoms with E-state index < -0.39 is 28.5 Å². The summed E-state index contributed by atoms with van der Waals surface area (Å²) in [5.41, 5.74) is 2.85. The number of aryl methyl sites for hydroxylation is 2. The van der Waals surface area contributed by atoms with E-state index in [1.165, 1.54) is 24.1 Å². The Balaban J connectivity index is 2.06. The quantitative estimate of drug-likeness (QED) is 0.493. The van der Waals surface area contributed by atoms with Crippen molar-refractivity contribution in [3.63, 3.8) is 0 Å². The van der Waals surface area contributed by atoms with Crippen molar-refractivity contribution in [1.29, 1.82) is 0 Å². The summed E-state index contributed by atoms with van der Waals surface area (Å²) in [5, 5.41) is 2.58. The van der Waals surface area contributed by atoms with Gasteiger partial charge in [0.1, 0.15) is 12.6 Å². The highest BCUT2D eigenvalue weighted by molar-refractivity contribution is 7.92. The van der Waals surface area contributed by atoms with Crippen LogP contribution in [0.5, 0.6) is 0 Å². The van der Waals surface area contributed by atoms with Gasteiger partial charge in [-0.2, -0.15) is 0 Å². The number of hydrogen-bond acceptors (Lipinski definition) is 4. The molecule has 0 fully saturated rings. The molecule has 35 heavy (non-hydrogen) atoms. The fraction of sp³-hybridized carbons (Fsp3) is 0.259. The molecule has 0 bridgehead atoms. The summed E-state index contributed by atoms with van der Waals surface area (Å²) in [6, 6.07) is 22.0. The Morgan fingerprint density at radius 1 is 0.914 bits per heavy atom. The second-order valence-electron chi connectivity index (χ2n) is 8.41. The van der Waals surface area contributed by atoms with Crippen molar-refractivity contribution in [2.75, 3.05) is 17.9 Å². The van der Waals surface area contributed by atoms with Crippen LogP contribution >= 0.6 is 0 Å². The molecule has 8 heteroatoms. The van der Waals surface area contributed by atoms with Crippen LogP contribution in [0.3, 0.4) is 0 Å². The fourth-order valence-corrected chi connectivity index (χ4v) is 5.28. The van der Waals surface area contributed by atoms with Crippen molar-refractivity contribution in [3.05, 3.63) is 95.6 Å². The molecule has 184 valence electrons. The van der Waals surface area contributed by atoms with Gasteiger partial charge in [-0.05, 0) is 55.7 Å². The number of likely N-dealkylation sites (N-methyl/N-ethyl adjacent to an activating group) is 1. The SMILES string of the molecule is CNC(=O)C(C)N(Cc1ccccc1)C(=O)CN(c1cc(C)ccc1C)S(=O)(=O)c1ccccc1. The molecule has 1 unspecified atom stereocenters. The van der Waals surface area contributed by atoms with Crippen LogP contribution in [0.15, 0.2) is 83.8 Å². The average Bonchev–Trinajstić information content (AvgIpc) is 2.87. The zero-order valence-corrected chi connectivity index (χ0v) is 21.2. The Kier molecular flexibility index (Phi) is 8.30. The number of benzene rings is 3. The van der Waals surface area contributed by atoms with Crippen molar-refractivity contribution in [3.8, 4) is 0 Å². The lowest BCUT2D eigenvalue weighted by Crippen LogP contribution is -2.50. The lowest BCUT2D eigenvalue weighted by molar-refractivity contribution is -0.139. The molecular weight excluding hydrogens is 462 g/mol. The molecule has 3 aromatic carbocycles. The molecule has 0 radical (unpaired) electrons. The lowest BCUT2D eigenvalue weighted by Gasteiger charge is -2.32. The minimum absolute atomic E-state index is 0.0858. The highest BCUT2D eigenvalue weighted by Crippen LogP contribution is 2.28. The largest absolute Gasteiger partial charge is 0.357 e. The average molecular weight is 494 g/mol. The van der Waals surface area contributed by atoms with Crippen LogP contribution in [0.25, 0.3) is 0 Å². The van der Waals surface area contributed by atoms with Crippen molar-refractivity contribution < 1.29 is 18.0 Å². The van der Waals surface area contributed by atoms with E-state index >= 15 is 0 Å². The van der Waals surface area contributed by atoms with E-state index in [9.17, 15) is 18.0 Å². The van der Waals surface area contributed by atoms with Gasteiger partial charge < -0.3 is 10.2 Å². The Labute approximate surface area is 207 Å². The zero-order valence-electron chi connectivity index (χ0n) is 20.4. The van der Waals surface area contributed by atoms with Gasteiger partial charge in [0.15, 0.2) is 0 Å². The van der Waals surface area contributed by atoms with Gasteiger partial charge in [-0.3, -0.25) is 13.9 Å². The van der Waals surface area contributed by atoms with Crippen molar-refractivity contribution >= 4 is 27.5 Å². The Hall–Kier alpha value is -3.65. The van der Waals surface area contributed by atoms with Crippen LogP contribution in [-0.2, 0) is 26.2 Å². The van der Waals surface area contributed by atoms with Gasteiger partial charge in [0, 0.05) is 13.6 Å². The van der Waals surface area contributed by atoms with Gasteiger partial charge in [0.2, 0.25) is 11.8 Å². The first-order valence-electron chi connectivity index (χ1n) is 11.3. The molecule has 0 aliphatic rings. The molecule has 1 N–H and O–H groups in total. The van der Waals surface area contributed by atoms with E-state index in [1.807, 2.05) is 56.3 Å². The first-order valence-corrected chi connectivity index (χ1v) is 12.8. The summed E-state index contributed by atoms with van der Waals surface area (Å²) in [5.74, 6) is -0.816. The molecule has 2 amide bonds. The Morgan fingerprint density at radius 3 is 2.11 bits per heavy atom. The van der Waals surface area contributed by atoms with Crippen molar-refractivity contribution in [1.82, 2.24) is 10.2 Å². The normalized spacial score (nSPS) is 12.0. The summed E-state index contributed by atoms with van der Waals surface area (Å²) in [4.78, 5) is 27.7. The molecule has 0 saturated heterocycles. The second kappa shape index (κ2) is 11.2. The molecule has 1 atom stereocenters. The standard InChI is InChI=1S/C27H31N3O4S/c1-20-15-16-21(2)25(17-20)30(35(33,34)24-13-9-6-10-14-24)19-26(31)29(22(3)27(32)28-4)18-23-11-7-5-8-12-23/h5-17,22H,18-19H2,1-4H3,(H,28,32). The number of nitrogens with one attached hydrogen (secondary N) is 1. The molecule has 3 rings (SSSR count). The van der Waals surface area contributed by atoms with E-state index in [0.29, 0.717) is 5.69 Å². The molecule has 0 aromatic heterocycles. The van der Waals surface area contributed by atoms with Gasteiger partial charge in [-0.1, -0.05) is 60.7 Å². The van der Waals surface area contributed by atoms with Crippen molar-refractivity contribution in [2.24, 2.45) is 0 Å². The molecule has 0 spiro atoms. The maximum atomic E-state index is 13.7. The molecule has 3 aromatic rings. The minimum Gasteiger partial charge on any atom is -0.357 e. The number of sulfonamides is 1. The zero-order chi connectivity index (χ0) is 25.6. The van der Waals surface area contributed by atoms with Gasteiger partial charge in [0.25, 0.3) is 10.0 Å². The van der Waals surface area contributed by atoms with E-state index in [-0.39, 0.29) is 17.3 Å². The number of carbonyl (C=O) groups is 2. The highest BCUT2D eigenvalue weighted by atomic mass is 32.2. The number of rotatable bonds is 9. The summed E-state index contributed by atoms with van der Waals surface area (Å²) in [6.07, 6.45) is 0. The molecule has 7 nitrogen and oxygen atoms in total. The number of carbonyl (C=O) groups excluding carboxylic acids is 2. The molecule has 0 heterocycles. The van der Waals surface area contributed by atoms with Gasteiger partial charge in [-0.15, -0.1) is 0 Å². The van der Waals surface area contributed by atoms with E-state index in [1.54, 1.807) is 31.2 Å².